The Morgan fingerprint density at radius 1 is 1.37 bits per heavy atom. The standard InChI is InChI=1S/C16H25NO2/c1-12(2)14(11-18)10-17(3)15-6-7-16-13(9-15)5-4-8-19-16/h6-7,9,12,14,18H,4-5,8,10-11H2,1-3H3. The Bertz CT molecular complexity index is 417. The van der Waals surface area contributed by atoms with Gasteiger partial charge in [-0.2, -0.15) is 0 Å². The predicted octanol–water partition coefficient (Wildman–Crippen LogP) is 2.71. The molecule has 1 heterocycles. The molecule has 0 bridgehead atoms. The van der Waals surface area contributed by atoms with Crippen LogP contribution >= 0.6 is 0 Å². The van der Waals surface area contributed by atoms with Crippen molar-refractivity contribution in [1.82, 2.24) is 0 Å². The Morgan fingerprint density at radius 2 is 2.16 bits per heavy atom. The molecule has 1 aliphatic heterocycles. The lowest BCUT2D eigenvalue weighted by molar-refractivity contribution is 0.193. The average molecular weight is 263 g/mol. The number of fused-ring (bicyclic) bond motifs is 1. The molecule has 1 N–H and O–H groups in total. The van der Waals surface area contributed by atoms with E-state index in [1.54, 1.807) is 0 Å². The molecule has 0 amide bonds. The summed E-state index contributed by atoms with van der Waals surface area (Å²) < 4.78 is 5.64. The van der Waals surface area contributed by atoms with Crippen LogP contribution in [0.25, 0.3) is 0 Å². The third-order valence-electron chi connectivity index (χ3n) is 4.02. The second kappa shape index (κ2) is 6.29. The van der Waals surface area contributed by atoms with Gasteiger partial charge in [-0.15, -0.1) is 0 Å². The van der Waals surface area contributed by atoms with Crippen molar-refractivity contribution < 1.29 is 9.84 Å². The van der Waals surface area contributed by atoms with Crippen molar-refractivity contribution >= 4 is 5.69 Å². The van der Waals surface area contributed by atoms with Crippen LogP contribution in [0.15, 0.2) is 18.2 Å². The highest BCUT2D eigenvalue weighted by atomic mass is 16.5. The molecule has 1 aliphatic rings. The molecule has 106 valence electrons. The second-order valence-corrected chi connectivity index (χ2v) is 5.81. The first-order chi connectivity index (χ1) is 9.11. The van der Waals surface area contributed by atoms with Crippen LogP contribution in [0.5, 0.6) is 5.75 Å². The van der Waals surface area contributed by atoms with Gasteiger partial charge in [0.05, 0.1) is 6.61 Å². The summed E-state index contributed by atoms with van der Waals surface area (Å²) in [6.45, 7) is 6.29. The number of anilines is 1. The lowest BCUT2D eigenvalue weighted by Gasteiger charge is -2.28. The van der Waals surface area contributed by atoms with Crippen LogP contribution < -0.4 is 9.64 Å². The number of hydrogen-bond acceptors (Lipinski definition) is 3. The zero-order chi connectivity index (χ0) is 13.8. The maximum absolute atomic E-state index is 9.44. The third-order valence-corrected chi connectivity index (χ3v) is 4.02. The van der Waals surface area contributed by atoms with Gasteiger partial charge in [-0.1, -0.05) is 13.8 Å². The lowest BCUT2D eigenvalue weighted by Crippen LogP contribution is -2.30. The fourth-order valence-corrected chi connectivity index (χ4v) is 2.52. The molecule has 0 saturated carbocycles. The summed E-state index contributed by atoms with van der Waals surface area (Å²) in [6.07, 6.45) is 2.20. The van der Waals surface area contributed by atoms with Crippen molar-refractivity contribution in [1.29, 1.82) is 0 Å². The summed E-state index contributed by atoms with van der Waals surface area (Å²) in [7, 11) is 2.09. The van der Waals surface area contributed by atoms with Gasteiger partial charge in [0.2, 0.25) is 0 Å². The van der Waals surface area contributed by atoms with E-state index < -0.39 is 0 Å². The topological polar surface area (TPSA) is 32.7 Å². The highest BCUT2D eigenvalue weighted by Crippen LogP contribution is 2.29. The third kappa shape index (κ3) is 3.41. The number of aliphatic hydroxyl groups excluding tert-OH is 1. The molecule has 0 aliphatic carbocycles. The van der Waals surface area contributed by atoms with Crippen molar-refractivity contribution in [3.8, 4) is 5.75 Å². The van der Waals surface area contributed by atoms with Gasteiger partial charge in [-0.3, -0.25) is 0 Å². The van der Waals surface area contributed by atoms with E-state index in [2.05, 4.69) is 44.0 Å². The quantitative estimate of drug-likeness (QED) is 0.886. The maximum atomic E-state index is 9.44. The Morgan fingerprint density at radius 3 is 2.84 bits per heavy atom. The first kappa shape index (κ1) is 14.2. The molecule has 0 radical (unpaired) electrons. The van der Waals surface area contributed by atoms with Crippen LogP contribution in [0.1, 0.15) is 25.8 Å². The monoisotopic (exact) mass is 263 g/mol. The molecule has 3 heteroatoms. The summed E-state index contributed by atoms with van der Waals surface area (Å²) in [5.74, 6) is 1.84. The maximum Gasteiger partial charge on any atom is 0.122 e. The van der Waals surface area contributed by atoms with Gasteiger partial charge in [0.15, 0.2) is 0 Å². The fraction of sp³-hybridized carbons (Fsp3) is 0.625. The molecule has 1 aromatic rings. The SMILES string of the molecule is CC(C)C(CO)CN(C)c1ccc2c(c1)CCCO2. The summed E-state index contributed by atoms with van der Waals surface area (Å²) in [5, 5.41) is 9.44. The highest BCUT2D eigenvalue weighted by Gasteiger charge is 2.17. The summed E-state index contributed by atoms with van der Waals surface area (Å²) in [5.41, 5.74) is 2.52. The number of aliphatic hydroxyl groups is 1. The van der Waals surface area contributed by atoms with Gasteiger partial charge in [0.25, 0.3) is 0 Å². The number of hydrogen-bond donors (Lipinski definition) is 1. The van der Waals surface area contributed by atoms with E-state index >= 15 is 0 Å². The van der Waals surface area contributed by atoms with Crippen LogP contribution in [0.2, 0.25) is 0 Å². The number of aryl methyl sites for hydroxylation is 1. The molecular formula is C16H25NO2. The van der Waals surface area contributed by atoms with E-state index in [1.807, 2.05) is 0 Å². The molecule has 2 rings (SSSR count). The molecule has 19 heavy (non-hydrogen) atoms. The van der Waals surface area contributed by atoms with Gasteiger partial charge in [-0.25, -0.2) is 0 Å². The molecule has 0 saturated heterocycles. The van der Waals surface area contributed by atoms with E-state index in [-0.39, 0.29) is 6.61 Å². The van der Waals surface area contributed by atoms with Crippen molar-refractivity contribution in [2.45, 2.75) is 26.7 Å². The molecular weight excluding hydrogens is 238 g/mol. The molecule has 1 unspecified atom stereocenters. The van der Waals surface area contributed by atoms with E-state index in [0.717, 1.165) is 31.7 Å². The largest absolute Gasteiger partial charge is 0.493 e. The van der Waals surface area contributed by atoms with Crippen molar-refractivity contribution in [3.05, 3.63) is 23.8 Å². The number of benzene rings is 1. The van der Waals surface area contributed by atoms with Gasteiger partial charge >= 0.3 is 0 Å². The first-order valence-corrected chi connectivity index (χ1v) is 7.19. The fourth-order valence-electron chi connectivity index (χ4n) is 2.52. The molecule has 0 spiro atoms. The minimum absolute atomic E-state index is 0.246. The smallest absolute Gasteiger partial charge is 0.122 e. The molecule has 0 fully saturated rings. The van der Waals surface area contributed by atoms with E-state index in [4.69, 9.17) is 4.74 Å². The van der Waals surface area contributed by atoms with Crippen molar-refractivity contribution in [2.24, 2.45) is 11.8 Å². The van der Waals surface area contributed by atoms with Gasteiger partial charge < -0.3 is 14.7 Å². The van der Waals surface area contributed by atoms with Crippen LogP contribution in [0.4, 0.5) is 5.69 Å². The highest BCUT2D eigenvalue weighted by molar-refractivity contribution is 5.53. The minimum atomic E-state index is 0.246. The molecule has 3 nitrogen and oxygen atoms in total. The van der Waals surface area contributed by atoms with Crippen molar-refractivity contribution in [2.75, 3.05) is 31.7 Å². The zero-order valence-corrected chi connectivity index (χ0v) is 12.2. The Hall–Kier alpha value is -1.22. The normalized spacial score (nSPS) is 15.8. The average Bonchev–Trinajstić information content (AvgIpc) is 2.43. The van der Waals surface area contributed by atoms with Crippen LogP contribution in [0.3, 0.4) is 0 Å². The lowest BCUT2D eigenvalue weighted by atomic mass is 9.96. The Balaban J connectivity index is 2.08. The zero-order valence-electron chi connectivity index (χ0n) is 12.2. The van der Waals surface area contributed by atoms with Crippen LogP contribution in [-0.2, 0) is 6.42 Å². The number of nitrogens with zero attached hydrogens (tertiary/aromatic N) is 1. The Labute approximate surface area is 116 Å². The predicted molar refractivity (Wildman–Crippen MR) is 78.9 cm³/mol. The van der Waals surface area contributed by atoms with Gasteiger partial charge in [0, 0.05) is 31.8 Å². The van der Waals surface area contributed by atoms with Crippen LogP contribution in [-0.4, -0.2) is 31.9 Å². The molecule has 1 aromatic carbocycles. The second-order valence-electron chi connectivity index (χ2n) is 5.81. The first-order valence-electron chi connectivity index (χ1n) is 7.19. The van der Waals surface area contributed by atoms with Gasteiger partial charge in [0.1, 0.15) is 5.75 Å². The van der Waals surface area contributed by atoms with Crippen LogP contribution in [0, 0.1) is 11.8 Å². The number of rotatable bonds is 5. The van der Waals surface area contributed by atoms with E-state index in [9.17, 15) is 5.11 Å². The summed E-state index contributed by atoms with van der Waals surface area (Å²) >= 11 is 0. The Kier molecular flexibility index (Phi) is 4.70. The minimum Gasteiger partial charge on any atom is -0.493 e. The van der Waals surface area contributed by atoms with Gasteiger partial charge in [-0.05, 0) is 42.5 Å². The summed E-state index contributed by atoms with van der Waals surface area (Å²) in [4.78, 5) is 2.23. The van der Waals surface area contributed by atoms with E-state index in [1.165, 1.54) is 11.3 Å². The number of ether oxygens (including phenoxy) is 1. The van der Waals surface area contributed by atoms with E-state index in [0.29, 0.717) is 11.8 Å². The molecule has 0 aromatic heterocycles. The summed E-state index contributed by atoms with van der Waals surface area (Å²) in [6, 6.07) is 6.41. The molecule has 1 atom stereocenters. The van der Waals surface area contributed by atoms with Crippen molar-refractivity contribution in [3.63, 3.8) is 0 Å².